The van der Waals surface area contributed by atoms with Gasteiger partial charge in [-0.2, -0.15) is 0 Å². The zero-order valence-corrected chi connectivity index (χ0v) is 20.2. The number of likely N-dealkylation sites (N-methyl/N-ethyl adjacent to an activating group) is 1. The lowest BCUT2D eigenvalue weighted by Crippen LogP contribution is -2.38. The Bertz CT molecular complexity index is 1060. The second kappa shape index (κ2) is 9.74. The molecule has 2 atom stereocenters. The smallest absolute Gasteiger partial charge is 0.202 e. The fourth-order valence-electron chi connectivity index (χ4n) is 4.70. The number of piperidine rings is 1. The van der Waals surface area contributed by atoms with Crippen molar-refractivity contribution in [3.63, 3.8) is 0 Å². The maximum Gasteiger partial charge on any atom is 0.202 e. The Morgan fingerprint density at radius 2 is 1.72 bits per heavy atom. The summed E-state index contributed by atoms with van der Waals surface area (Å²) < 4.78 is 11.6. The molecule has 2 aromatic rings. The van der Waals surface area contributed by atoms with Crippen LogP contribution in [0.3, 0.4) is 0 Å². The summed E-state index contributed by atoms with van der Waals surface area (Å²) in [5.74, 6) is 0.435. The molecule has 2 aliphatic heterocycles. The lowest BCUT2D eigenvalue weighted by molar-refractivity contribution is -0.116. The summed E-state index contributed by atoms with van der Waals surface area (Å²) in [5.41, 5.74) is 3.93. The van der Waals surface area contributed by atoms with Crippen molar-refractivity contribution in [3.05, 3.63) is 83.0 Å². The van der Waals surface area contributed by atoms with Crippen LogP contribution in [0.5, 0.6) is 0 Å². The Labute approximate surface area is 198 Å². The Hall–Kier alpha value is -2.21. The van der Waals surface area contributed by atoms with Crippen LogP contribution in [0.4, 0.5) is 0 Å². The van der Waals surface area contributed by atoms with Crippen molar-refractivity contribution < 1.29 is 9.00 Å². The van der Waals surface area contributed by atoms with Crippen LogP contribution in [-0.4, -0.2) is 58.8 Å². The molecule has 0 aliphatic carbocycles. The molecule has 2 aromatic carbocycles. The lowest BCUT2D eigenvalue weighted by Gasteiger charge is -2.34. The Kier molecular flexibility index (Phi) is 6.99. The molecule has 168 valence electrons. The van der Waals surface area contributed by atoms with Gasteiger partial charge in [0.1, 0.15) is 11.1 Å². The molecule has 0 spiro atoms. The van der Waals surface area contributed by atoms with Crippen molar-refractivity contribution in [2.45, 2.75) is 29.7 Å². The van der Waals surface area contributed by atoms with Gasteiger partial charge in [0.05, 0.1) is 5.70 Å². The zero-order chi connectivity index (χ0) is 22.8. The Morgan fingerprint density at radius 3 is 2.31 bits per heavy atom. The third-order valence-electron chi connectivity index (χ3n) is 6.65. The molecule has 6 heteroatoms. The van der Waals surface area contributed by atoms with Gasteiger partial charge in [-0.1, -0.05) is 60.6 Å². The van der Waals surface area contributed by atoms with Crippen molar-refractivity contribution in [2.24, 2.45) is 0 Å². The number of likely N-dealkylation sites (tertiary alicyclic amines) is 1. The summed E-state index contributed by atoms with van der Waals surface area (Å²) in [6, 6.07) is 17.5. The van der Waals surface area contributed by atoms with Crippen LogP contribution in [-0.2, 0) is 15.6 Å². The first-order valence-electron chi connectivity index (χ1n) is 10.9. The number of nitrogens with zero attached hydrogens (tertiary/aromatic N) is 2. The van der Waals surface area contributed by atoms with Gasteiger partial charge in [-0.25, -0.2) is 0 Å². The SMILES string of the molecule is C=C(c1ccccc1)C1C(=O)C(Cl)=C(CN2CCC(c3ccc(S(C)=O)cc3)CC2)N1C. The predicted molar refractivity (Wildman–Crippen MR) is 132 cm³/mol. The van der Waals surface area contributed by atoms with E-state index in [4.69, 9.17) is 11.6 Å². The number of Topliss-reactive ketones (excluding diaryl/α,β-unsaturated/α-hetero) is 1. The van der Waals surface area contributed by atoms with E-state index in [0.717, 1.165) is 47.7 Å². The molecule has 1 fully saturated rings. The highest BCUT2D eigenvalue weighted by molar-refractivity contribution is 7.84. The molecule has 0 bridgehead atoms. The normalized spacial score (nSPS) is 21.3. The van der Waals surface area contributed by atoms with Crippen LogP contribution in [0, 0.1) is 0 Å². The number of carbonyl (C=O) groups excluding carboxylic acids is 1. The fraction of sp³-hybridized carbons (Fsp3) is 0.346. The topological polar surface area (TPSA) is 40.6 Å². The van der Waals surface area contributed by atoms with Crippen molar-refractivity contribution >= 4 is 33.8 Å². The monoisotopic (exact) mass is 468 g/mol. The van der Waals surface area contributed by atoms with Gasteiger partial charge < -0.3 is 4.90 Å². The Balaban J connectivity index is 1.39. The average Bonchev–Trinajstić information content (AvgIpc) is 3.03. The standard InChI is InChI=1S/C26H29ClN2O2S/c1-18(19-7-5-4-6-8-19)25-26(30)24(27)23(28(25)2)17-29-15-13-21(14-16-29)20-9-11-22(12-10-20)32(3)31/h4-12,21,25H,1,13-17H2,2-3H3. The van der Waals surface area contributed by atoms with Crippen LogP contribution in [0.25, 0.3) is 5.57 Å². The first-order chi connectivity index (χ1) is 15.4. The van der Waals surface area contributed by atoms with Gasteiger partial charge in [-0.3, -0.25) is 13.9 Å². The van der Waals surface area contributed by atoms with E-state index >= 15 is 0 Å². The van der Waals surface area contributed by atoms with Crippen molar-refractivity contribution in [1.29, 1.82) is 0 Å². The second-order valence-electron chi connectivity index (χ2n) is 8.60. The summed E-state index contributed by atoms with van der Waals surface area (Å²) in [6.07, 6.45) is 3.81. The largest absolute Gasteiger partial charge is 0.361 e. The molecule has 32 heavy (non-hydrogen) atoms. The summed E-state index contributed by atoms with van der Waals surface area (Å²) in [6.45, 7) is 6.77. The van der Waals surface area contributed by atoms with Gasteiger partial charge in [-0.15, -0.1) is 0 Å². The molecule has 2 unspecified atom stereocenters. The van der Waals surface area contributed by atoms with Gasteiger partial charge in [0.2, 0.25) is 5.78 Å². The first-order valence-corrected chi connectivity index (χ1v) is 12.9. The lowest BCUT2D eigenvalue weighted by atomic mass is 9.89. The summed E-state index contributed by atoms with van der Waals surface area (Å²) in [5, 5.41) is 0.333. The van der Waals surface area contributed by atoms with Crippen LogP contribution >= 0.6 is 11.6 Å². The quantitative estimate of drug-likeness (QED) is 0.618. The van der Waals surface area contributed by atoms with Gasteiger partial charge in [0.15, 0.2) is 0 Å². The molecule has 2 heterocycles. The summed E-state index contributed by atoms with van der Waals surface area (Å²) in [7, 11) is 0.994. The minimum Gasteiger partial charge on any atom is -0.361 e. The number of halogens is 1. The molecular weight excluding hydrogens is 440 g/mol. The van der Waals surface area contributed by atoms with E-state index in [1.54, 1.807) is 6.26 Å². The molecule has 4 nitrogen and oxygen atoms in total. The number of hydrogen-bond donors (Lipinski definition) is 0. The minimum atomic E-state index is -0.944. The molecular formula is C26H29ClN2O2S. The van der Waals surface area contributed by atoms with E-state index in [-0.39, 0.29) is 5.78 Å². The maximum atomic E-state index is 13.0. The third kappa shape index (κ3) is 4.61. The maximum absolute atomic E-state index is 13.0. The number of ketones is 1. The van der Waals surface area contributed by atoms with Crippen molar-refractivity contribution in [2.75, 3.05) is 32.9 Å². The molecule has 4 rings (SSSR count). The third-order valence-corrected chi connectivity index (χ3v) is 7.99. The van der Waals surface area contributed by atoms with Crippen LogP contribution in [0.15, 0.2) is 76.8 Å². The number of rotatable bonds is 6. The van der Waals surface area contributed by atoms with Crippen LogP contribution in [0.2, 0.25) is 0 Å². The zero-order valence-electron chi connectivity index (χ0n) is 18.6. The molecule has 0 radical (unpaired) electrons. The fourth-order valence-corrected chi connectivity index (χ4v) is 5.52. The average molecular weight is 469 g/mol. The first kappa shape index (κ1) is 23.0. The van der Waals surface area contributed by atoms with Crippen molar-refractivity contribution in [3.8, 4) is 0 Å². The van der Waals surface area contributed by atoms with Crippen LogP contribution in [0.1, 0.15) is 29.9 Å². The van der Waals surface area contributed by atoms with Crippen LogP contribution < -0.4 is 0 Å². The van der Waals surface area contributed by atoms with E-state index in [2.05, 4.69) is 23.6 Å². The second-order valence-corrected chi connectivity index (χ2v) is 10.4. The van der Waals surface area contributed by atoms with Crippen molar-refractivity contribution in [1.82, 2.24) is 9.80 Å². The number of benzene rings is 2. The molecule has 0 saturated carbocycles. The molecule has 2 aliphatic rings. The van der Waals surface area contributed by atoms with E-state index in [1.165, 1.54) is 5.56 Å². The summed E-state index contributed by atoms with van der Waals surface area (Å²) in [4.78, 5) is 18.2. The predicted octanol–water partition coefficient (Wildman–Crippen LogP) is 4.65. The minimum absolute atomic E-state index is 0.0682. The highest BCUT2D eigenvalue weighted by atomic mass is 35.5. The van der Waals surface area contributed by atoms with E-state index in [0.29, 0.717) is 17.5 Å². The Morgan fingerprint density at radius 1 is 1.09 bits per heavy atom. The van der Waals surface area contributed by atoms with E-state index in [1.807, 2.05) is 54.4 Å². The highest BCUT2D eigenvalue weighted by Crippen LogP contribution is 2.35. The van der Waals surface area contributed by atoms with Gasteiger partial charge in [0.25, 0.3) is 0 Å². The van der Waals surface area contributed by atoms with Gasteiger partial charge in [-0.05, 0) is 60.7 Å². The molecule has 0 amide bonds. The molecule has 1 saturated heterocycles. The van der Waals surface area contributed by atoms with E-state index in [9.17, 15) is 9.00 Å². The molecule has 0 aromatic heterocycles. The number of hydrogen-bond acceptors (Lipinski definition) is 4. The molecule has 0 N–H and O–H groups in total. The summed E-state index contributed by atoms with van der Waals surface area (Å²) >= 11 is 6.53. The van der Waals surface area contributed by atoms with E-state index < -0.39 is 16.8 Å². The number of carbonyl (C=O) groups is 1. The highest BCUT2D eigenvalue weighted by Gasteiger charge is 2.39. The van der Waals surface area contributed by atoms with Gasteiger partial charge >= 0.3 is 0 Å². The van der Waals surface area contributed by atoms with Gasteiger partial charge in [0, 0.05) is 35.5 Å².